The number of pyridine rings is 1. The number of rotatable bonds is 8. The first-order chi connectivity index (χ1) is 18.9. The fraction of sp³-hybridized carbons (Fsp3) is 0.143. The number of ether oxygens (including phenoxy) is 1. The van der Waals surface area contributed by atoms with E-state index < -0.39 is 52.7 Å². The lowest BCUT2D eigenvalue weighted by atomic mass is 9.80. The molecule has 1 aromatic heterocycles. The van der Waals surface area contributed by atoms with E-state index in [0.29, 0.717) is 23.8 Å². The molecule has 0 bridgehead atoms. The van der Waals surface area contributed by atoms with Gasteiger partial charge >= 0.3 is 12.8 Å². The molecule has 0 aliphatic rings. The van der Waals surface area contributed by atoms with E-state index in [9.17, 15) is 35.5 Å². The molecular formula is C28H18ClF7N2O2. The van der Waals surface area contributed by atoms with Gasteiger partial charge in [-0.3, -0.25) is 9.78 Å². The summed E-state index contributed by atoms with van der Waals surface area (Å²) in [5.41, 5.74) is -3.63. The fourth-order valence-corrected chi connectivity index (χ4v) is 4.29. The molecule has 0 fully saturated rings. The molecule has 1 amide bonds. The number of halogens is 8. The summed E-state index contributed by atoms with van der Waals surface area (Å²) in [6.07, 6.45) is -4.04. The number of benzene rings is 3. The maximum atomic E-state index is 14.8. The van der Waals surface area contributed by atoms with Crippen LogP contribution in [-0.2, 0) is 18.1 Å². The molecule has 0 spiro atoms. The van der Waals surface area contributed by atoms with Crippen LogP contribution in [0.3, 0.4) is 0 Å². The maximum Gasteiger partial charge on any atom is 0.419 e. The summed E-state index contributed by atoms with van der Waals surface area (Å²) in [7, 11) is 0. The summed E-state index contributed by atoms with van der Waals surface area (Å²) < 4.78 is 99.3. The molecule has 0 saturated heterocycles. The summed E-state index contributed by atoms with van der Waals surface area (Å²) in [5, 5.41) is 2.80. The van der Waals surface area contributed by atoms with Crippen molar-refractivity contribution >= 4 is 17.5 Å². The molecule has 0 radical (unpaired) electrons. The number of carbonyl (C=O) groups is 1. The summed E-state index contributed by atoms with van der Waals surface area (Å²) in [6.45, 7) is -3.30. The van der Waals surface area contributed by atoms with Crippen molar-refractivity contribution in [2.24, 2.45) is 0 Å². The Morgan fingerprint density at radius 2 is 1.68 bits per heavy atom. The number of aromatic nitrogens is 1. The van der Waals surface area contributed by atoms with Gasteiger partial charge in [-0.2, -0.15) is 22.0 Å². The zero-order chi connectivity index (χ0) is 29.1. The SMILES string of the molecule is O=C(NC(Cc1ccccc1)(c1cc(F)cc(OC(F)F)c1)c1ccc(Cl)cn1)c1ccc(F)c(C(F)(F)F)c1. The molecule has 1 atom stereocenters. The van der Waals surface area contributed by atoms with E-state index in [1.807, 2.05) is 0 Å². The van der Waals surface area contributed by atoms with Gasteiger partial charge in [0.05, 0.1) is 16.3 Å². The first-order valence-electron chi connectivity index (χ1n) is 11.5. The second-order valence-electron chi connectivity index (χ2n) is 8.63. The average molecular weight is 583 g/mol. The largest absolute Gasteiger partial charge is 0.435 e. The smallest absolute Gasteiger partial charge is 0.419 e. The van der Waals surface area contributed by atoms with Crippen LogP contribution in [0.1, 0.15) is 32.7 Å². The number of hydrogen-bond acceptors (Lipinski definition) is 3. The second-order valence-corrected chi connectivity index (χ2v) is 9.07. The lowest BCUT2D eigenvalue weighted by molar-refractivity contribution is -0.140. The Morgan fingerprint density at radius 3 is 2.30 bits per heavy atom. The maximum absolute atomic E-state index is 14.8. The van der Waals surface area contributed by atoms with E-state index in [4.69, 9.17) is 11.6 Å². The van der Waals surface area contributed by atoms with Crippen LogP contribution >= 0.6 is 11.6 Å². The molecule has 0 aliphatic carbocycles. The molecular weight excluding hydrogens is 565 g/mol. The van der Waals surface area contributed by atoms with Crippen LogP contribution in [-0.4, -0.2) is 17.5 Å². The monoisotopic (exact) mass is 582 g/mol. The molecule has 3 aromatic carbocycles. The minimum atomic E-state index is -5.09. The molecule has 1 unspecified atom stereocenters. The van der Waals surface area contributed by atoms with Gasteiger partial charge in [0.25, 0.3) is 5.91 Å². The highest BCUT2D eigenvalue weighted by Crippen LogP contribution is 2.37. The molecule has 4 nitrogen and oxygen atoms in total. The van der Waals surface area contributed by atoms with Crippen LogP contribution in [0.4, 0.5) is 30.7 Å². The van der Waals surface area contributed by atoms with Gasteiger partial charge in [0, 0.05) is 24.2 Å². The first-order valence-corrected chi connectivity index (χ1v) is 11.9. The molecule has 40 heavy (non-hydrogen) atoms. The van der Waals surface area contributed by atoms with E-state index >= 15 is 0 Å². The molecule has 1 N–H and O–H groups in total. The second kappa shape index (κ2) is 11.5. The highest BCUT2D eigenvalue weighted by Gasteiger charge is 2.40. The number of hydrogen-bond donors (Lipinski definition) is 1. The highest BCUT2D eigenvalue weighted by atomic mass is 35.5. The molecule has 12 heteroatoms. The number of nitrogens with one attached hydrogen (secondary N) is 1. The van der Waals surface area contributed by atoms with E-state index in [0.717, 1.165) is 18.2 Å². The Hall–Kier alpha value is -4.12. The van der Waals surface area contributed by atoms with Crippen molar-refractivity contribution < 1.29 is 40.3 Å². The number of carbonyl (C=O) groups excluding carboxylic acids is 1. The summed E-state index contributed by atoms with van der Waals surface area (Å²) in [4.78, 5) is 17.8. The van der Waals surface area contributed by atoms with Crippen LogP contribution < -0.4 is 10.1 Å². The van der Waals surface area contributed by atoms with E-state index in [-0.39, 0.29) is 22.7 Å². The van der Waals surface area contributed by atoms with Gasteiger partial charge in [-0.25, -0.2) is 8.78 Å². The third kappa shape index (κ3) is 6.53. The van der Waals surface area contributed by atoms with Crippen molar-refractivity contribution in [2.75, 3.05) is 0 Å². The van der Waals surface area contributed by atoms with Crippen molar-refractivity contribution in [3.05, 3.63) is 130 Å². The van der Waals surface area contributed by atoms with Crippen molar-refractivity contribution in [3.63, 3.8) is 0 Å². The number of nitrogens with zero attached hydrogens (tertiary/aromatic N) is 1. The third-order valence-electron chi connectivity index (χ3n) is 5.93. The van der Waals surface area contributed by atoms with E-state index in [2.05, 4.69) is 15.0 Å². The topological polar surface area (TPSA) is 51.2 Å². The van der Waals surface area contributed by atoms with Crippen molar-refractivity contribution in [1.29, 1.82) is 0 Å². The lowest BCUT2D eigenvalue weighted by Crippen LogP contribution is -2.49. The van der Waals surface area contributed by atoms with Gasteiger partial charge in [-0.1, -0.05) is 41.9 Å². The van der Waals surface area contributed by atoms with Crippen LogP contribution in [0.15, 0.2) is 85.1 Å². The van der Waals surface area contributed by atoms with Crippen molar-refractivity contribution in [3.8, 4) is 5.75 Å². The molecule has 0 saturated carbocycles. The van der Waals surface area contributed by atoms with Gasteiger partial charge < -0.3 is 10.1 Å². The van der Waals surface area contributed by atoms with E-state index in [1.54, 1.807) is 30.3 Å². The predicted octanol–water partition coefficient (Wildman–Crippen LogP) is 7.55. The molecule has 4 rings (SSSR count). The van der Waals surface area contributed by atoms with Crippen LogP contribution in [0.2, 0.25) is 5.02 Å². The van der Waals surface area contributed by atoms with Gasteiger partial charge in [0.15, 0.2) is 0 Å². The Bertz CT molecular complexity index is 1500. The normalized spacial score (nSPS) is 13.1. The van der Waals surface area contributed by atoms with Crippen molar-refractivity contribution in [2.45, 2.75) is 24.7 Å². The van der Waals surface area contributed by atoms with Gasteiger partial charge in [0.2, 0.25) is 0 Å². The average Bonchev–Trinajstić information content (AvgIpc) is 2.88. The minimum absolute atomic E-state index is 0.0425. The Balaban J connectivity index is 1.95. The fourth-order valence-electron chi connectivity index (χ4n) is 4.18. The summed E-state index contributed by atoms with van der Waals surface area (Å²) in [5.74, 6) is -4.28. The minimum Gasteiger partial charge on any atom is -0.435 e. The Morgan fingerprint density at radius 1 is 0.950 bits per heavy atom. The van der Waals surface area contributed by atoms with Crippen molar-refractivity contribution in [1.82, 2.24) is 10.3 Å². The molecule has 208 valence electrons. The number of alkyl halides is 5. The highest BCUT2D eigenvalue weighted by molar-refractivity contribution is 6.30. The van der Waals surface area contributed by atoms with E-state index in [1.165, 1.54) is 18.3 Å². The van der Waals surface area contributed by atoms with Gasteiger partial charge in [-0.05, 0) is 53.6 Å². The van der Waals surface area contributed by atoms with Crippen LogP contribution in [0.25, 0.3) is 0 Å². The summed E-state index contributed by atoms with van der Waals surface area (Å²) in [6, 6.07) is 15.5. The zero-order valence-corrected chi connectivity index (χ0v) is 20.9. The Labute approximate surface area is 228 Å². The van der Waals surface area contributed by atoms with Crippen LogP contribution in [0, 0.1) is 11.6 Å². The molecule has 4 aromatic rings. The first kappa shape index (κ1) is 28.9. The van der Waals surface area contributed by atoms with Gasteiger partial charge in [-0.15, -0.1) is 0 Å². The Kier molecular flexibility index (Phi) is 8.34. The third-order valence-corrected chi connectivity index (χ3v) is 6.15. The standard InChI is InChI=1S/C28H18ClF7N2O2/c29-19-7-9-24(37-15-19)27(14-16-4-2-1-3-5-16,18-11-20(30)13-21(12-18)40-26(32)33)38-25(39)17-6-8-23(31)22(10-17)28(34,35)36/h1-13,15,26H,14H2,(H,38,39). The zero-order valence-electron chi connectivity index (χ0n) is 20.2. The molecule has 1 heterocycles. The predicted molar refractivity (Wildman–Crippen MR) is 132 cm³/mol. The van der Waals surface area contributed by atoms with Gasteiger partial charge in [0.1, 0.15) is 22.9 Å². The summed E-state index contributed by atoms with van der Waals surface area (Å²) >= 11 is 6.00. The van der Waals surface area contributed by atoms with Crippen LogP contribution in [0.5, 0.6) is 5.75 Å². The number of amides is 1. The quantitative estimate of drug-likeness (QED) is 0.218. The molecule has 0 aliphatic heterocycles. The lowest BCUT2D eigenvalue weighted by Gasteiger charge is -2.36.